The molecule has 146 valence electrons. The van der Waals surface area contributed by atoms with Crippen molar-refractivity contribution in [2.24, 2.45) is 5.41 Å². The second-order valence-corrected chi connectivity index (χ2v) is 10.5. The third kappa shape index (κ3) is 3.78. The Morgan fingerprint density at radius 2 is 1.93 bits per heavy atom. The number of thiophene rings is 1. The lowest BCUT2D eigenvalue weighted by atomic mass is 9.78. The summed E-state index contributed by atoms with van der Waals surface area (Å²) in [7, 11) is -3.53. The molecule has 5 nitrogen and oxygen atoms in total. The minimum absolute atomic E-state index is 0.122. The highest BCUT2D eigenvalue weighted by Gasteiger charge is 2.42. The van der Waals surface area contributed by atoms with Gasteiger partial charge in [0, 0.05) is 29.9 Å². The molecule has 0 aliphatic carbocycles. The SMILES string of the molecule is CCN1CC2(CCN(Cc3cccs3)CC2)COc2ccccc2S1(=O)=O. The third-order valence-electron chi connectivity index (χ3n) is 5.74. The Balaban J connectivity index is 1.55. The molecule has 2 aliphatic heterocycles. The fourth-order valence-electron chi connectivity index (χ4n) is 4.05. The second-order valence-electron chi connectivity index (χ2n) is 7.52. The maximum atomic E-state index is 13.1. The number of likely N-dealkylation sites (tertiary alicyclic amines) is 1. The van der Waals surface area contributed by atoms with Crippen molar-refractivity contribution < 1.29 is 13.2 Å². The van der Waals surface area contributed by atoms with E-state index in [1.54, 1.807) is 33.8 Å². The number of piperidine rings is 1. The first-order valence-electron chi connectivity index (χ1n) is 9.49. The Morgan fingerprint density at radius 1 is 1.15 bits per heavy atom. The van der Waals surface area contributed by atoms with Crippen LogP contribution in [0, 0.1) is 5.41 Å². The molecule has 1 saturated heterocycles. The smallest absolute Gasteiger partial charge is 0.246 e. The van der Waals surface area contributed by atoms with Gasteiger partial charge in [0.15, 0.2) is 0 Å². The molecule has 2 aromatic rings. The topological polar surface area (TPSA) is 49.9 Å². The lowest BCUT2D eigenvalue weighted by Crippen LogP contribution is -2.51. The molecule has 1 fully saturated rings. The molecular weight excluding hydrogens is 380 g/mol. The number of fused-ring (bicyclic) bond motifs is 1. The molecule has 27 heavy (non-hydrogen) atoms. The van der Waals surface area contributed by atoms with E-state index in [2.05, 4.69) is 22.4 Å². The van der Waals surface area contributed by atoms with Crippen LogP contribution in [-0.2, 0) is 16.6 Å². The summed E-state index contributed by atoms with van der Waals surface area (Å²) in [5.74, 6) is 0.482. The summed E-state index contributed by atoms with van der Waals surface area (Å²) >= 11 is 1.79. The predicted octanol–water partition coefficient (Wildman–Crippen LogP) is 3.43. The average Bonchev–Trinajstić information content (AvgIpc) is 3.19. The van der Waals surface area contributed by atoms with E-state index in [9.17, 15) is 8.42 Å². The van der Waals surface area contributed by atoms with Crippen molar-refractivity contribution in [2.75, 3.05) is 32.8 Å². The lowest BCUT2D eigenvalue weighted by molar-refractivity contribution is 0.0336. The van der Waals surface area contributed by atoms with Crippen molar-refractivity contribution in [3.05, 3.63) is 46.7 Å². The van der Waals surface area contributed by atoms with Gasteiger partial charge in [-0.3, -0.25) is 4.90 Å². The van der Waals surface area contributed by atoms with Crippen LogP contribution in [0.2, 0.25) is 0 Å². The van der Waals surface area contributed by atoms with Gasteiger partial charge in [0.2, 0.25) is 10.0 Å². The molecule has 7 heteroatoms. The molecular formula is C20H26N2O3S2. The third-order valence-corrected chi connectivity index (χ3v) is 8.56. The number of hydrogen-bond donors (Lipinski definition) is 0. The van der Waals surface area contributed by atoms with E-state index in [1.165, 1.54) is 4.88 Å². The van der Waals surface area contributed by atoms with Gasteiger partial charge in [0.05, 0.1) is 6.61 Å². The first-order chi connectivity index (χ1) is 13.0. The molecule has 0 bridgehead atoms. The summed E-state index contributed by atoms with van der Waals surface area (Å²) in [4.78, 5) is 4.14. The van der Waals surface area contributed by atoms with Crippen LogP contribution in [0.25, 0.3) is 0 Å². The fraction of sp³-hybridized carbons (Fsp3) is 0.500. The van der Waals surface area contributed by atoms with E-state index in [0.717, 1.165) is 32.5 Å². The molecule has 2 aliphatic rings. The van der Waals surface area contributed by atoms with E-state index in [0.29, 0.717) is 25.4 Å². The van der Waals surface area contributed by atoms with Crippen molar-refractivity contribution in [1.82, 2.24) is 9.21 Å². The van der Waals surface area contributed by atoms with Gasteiger partial charge in [0.1, 0.15) is 10.6 Å². The molecule has 0 atom stereocenters. The van der Waals surface area contributed by atoms with Gasteiger partial charge in [-0.15, -0.1) is 11.3 Å². The number of rotatable bonds is 3. The van der Waals surface area contributed by atoms with Crippen molar-refractivity contribution in [3.63, 3.8) is 0 Å². The number of ether oxygens (including phenoxy) is 1. The fourth-order valence-corrected chi connectivity index (χ4v) is 6.49. The van der Waals surface area contributed by atoms with Crippen LogP contribution < -0.4 is 4.74 Å². The van der Waals surface area contributed by atoms with Gasteiger partial charge in [-0.2, -0.15) is 4.31 Å². The van der Waals surface area contributed by atoms with Gasteiger partial charge < -0.3 is 4.74 Å². The number of para-hydroxylation sites is 1. The highest BCUT2D eigenvalue weighted by atomic mass is 32.2. The highest BCUT2D eigenvalue weighted by Crippen LogP contribution is 2.39. The zero-order chi connectivity index (χ0) is 18.9. The molecule has 4 rings (SSSR count). The number of nitrogens with zero attached hydrogens (tertiary/aromatic N) is 2. The van der Waals surface area contributed by atoms with Crippen molar-refractivity contribution in [3.8, 4) is 5.75 Å². The Hall–Kier alpha value is -1.41. The van der Waals surface area contributed by atoms with Gasteiger partial charge in [0.25, 0.3) is 0 Å². The van der Waals surface area contributed by atoms with Crippen LogP contribution in [0.1, 0.15) is 24.6 Å². The predicted molar refractivity (Wildman–Crippen MR) is 108 cm³/mol. The second kappa shape index (κ2) is 7.54. The molecule has 0 unspecified atom stereocenters. The molecule has 1 spiro atoms. The lowest BCUT2D eigenvalue weighted by Gasteiger charge is -2.44. The quantitative estimate of drug-likeness (QED) is 0.784. The minimum atomic E-state index is -3.53. The summed E-state index contributed by atoms with van der Waals surface area (Å²) in [6.07, 6.45) is 1.90. The summed E-state index contributed by atoms with van der Waals surface area (Å²) in [6.45, 7) is 6.43. The highest BCUT2D eigenvalue weighted by molar-refractivity contribution is 7.89. The van der Waals surface area contributed by atoms with E-state index >= 15 is 0 Å². The Labute approximate surface area is 165 Å². The zero-order valence-corrected chi connectivity index (χ0v) is 17.3. The molecule has 0 radical (unpaired) electrons. The van der Waals surface area contributed by atoms with Gasteiger partial charge in [-0.05, 0) is 49.5 Å². The number of benzene rings is 1. The van der Waals surface area contributed by atoms with Crippen molar-refractivity contribution in [2.45, 2.75) is 31.2 Å². The monoisotopic (exact) mass is 406 g/mol. The van der Waals surface area contributed by atoms with E-state index in [-0.39, 0.29) is 10.3 Å². The van der Waals surface area contributed by atoms with Crippen LogP contribution in [0.15, 0.2) is 46.7 Å². The van der Waals surface area contributed by atoms with Crippen LogP contribution in [0.4, 0.5) is 0 Å². The summed E-state index contributed by atoms with van der Waals surface area (Å²) < 4.78 is 34.0. The maximum Gasteiger partial charge on any atom is 0.246 e. The first kappa shape index (κ1) is 18.9. The van der Waals surface area contributed by atoms with Crippen molar-refractivity contribution in [1.29, 1.82) is 0 Å². The molecule has 1 aromatic carbocycles. The molecule has 3 heterocycles. The van der Waals surface area contributed by atoms with Crippen molar-refractivity contribution >= 4 is 21.4 Å². The summed E-state index contributed by atoms with van der Waals surface area (Å²) in [6, 6.07) is 11.3. The maximum absolute atomic E-state index is 13.1. The van der Waals surface area contributed by atoms with Gasteiger partial charge in [-0.25, -0.2) is 8.42 Å². The number of hydrogen-bond acceptors (Lipinski definition) is 5. The molecule has 1 aromatic heterocycles. The van der Waals surface area contributed by atoms with Crippen LogP contribution in [-0.4, -0.2) is 50.4 Å². The van der Waals surface area contributed by atoms with Gasteiger partial charge in [-0.1, -0.05) is 25.1 Å². The largest absolute Gasteiger partial charge is 0.492 e. The van der Waals surface area contributed by atoms with E-state index < -0.39 is 10.0 Å². The summed E-state index contributed by atoms with van der Waals surface area (Å²) in [5.41, 5.74) is -0.122. The standard InChI is InChI=1S/C20H26N2O3S2/c1-2-22-15-20(9-11-21(12-10-20)14-17-6-5-13-26-17)16-25-18-7-3-4-8-19(18)27(22,23)24/h3-8,13H,2,9-12,14-16H2,1H3. The minimum Gasteiger partial charge on any atom is -0.492 e. The number of sulfonamides is 1. The molecule has 0 amide bonds. The van der Waals surface area contributed by atoms with Gasteiger partial charge >= 0.3 is 0 Å². The van der Waals surface area contributed by atoms with Crippen LogP contribution in [0.3, 0.4) is 0 Å². The Bertz CT molecular complexity index is 872. The normalized spacial score (nSPS) is 22.6. The van der Waals surface area contributed by atoms with Crippen LogP contribution in [0.5, 0.6) is 5.75 Å². The summed E-state index contributed by atoms with van der Waals surface area (Å²) in [5, 5.41) is 2.12. The van der Waals surface area contributed by atoms with E-state index in [4.69, 9.17) is 4.74 Å². The zero-order valence-electron chi connectivity index (χ0n) is 15.6. The average molecular weight is 407 g/mol. The first-order valence-corrected chi connectivity index (χ1v) is 11.8. The Kier molecular flexibility index (Phi) is 5.29. The molecule has 0 saturated carbocycles. The molecule has 0 N–H and O–H groups in total. The van der Waals surface area contributed by atoms with Crippen LogP contribution >= 0.6 is 11.3 Å². The van der Waals surface area contributed by atoms with E-state index in [1.807, 2.05) is 13.0 Å². The Morgan fingerprint density at radius 3 is 2.63 bits per heavy atom.